The van der Waals surface area contributed by atoms with Crippen molar-refractivity contribution in [2.45, 2.75) is 39.2 Å². The molecule has 0 unspecified atom stereocenters. The van der Waals surface area contributed by atoms with Crippen LogP contribution in [0.1, 0.15) is 38.7 Å². The van der Waals surface area contributed by atoms with Gasteiger partial charge in [-0.25, -0.2) is 8.42 Å². The minimum Gasteiger partial charge on any atom is -0.324 e. The molecule has 2 rings (SSSR count). The number of rotatable bonds is 8. The topological polar surface area (TPSA) is 110 Å². The Morgan fingerprint density at radius 2 is 1.79 bits per heavy atom. The van der Waals surface area contributed by atoms with Crippen LogP contribution in [-0.4, -0.2) is 31.5 Å². The van der Waals surface area contributed by atoms with Crippen LogP contribution >= 0.6 is 0 Å². The summed E-state index contributed by atoms with van der Waals surface area (Å²) < 4.78 is 25.9. The number of hydrogen-bond donors (Lipinski definition) is 1. The van der Waals surface area contributed by atoms with Crippen LogP contribution in [0.15, 0.2) is 48.5 Å². The molecule has 1 amide bonds. The van der Waals surface area contributed by atoms with E-state index in [2.05, 4.69) is 19.2 Å². The van der Waals surface area contributed by atoms with E-state index >= 15 is 0 Å². The lowest BCUT2D eigenvalue weighted by atomic mass is 10.0. The third kappa shape index (κ3) is 5.54. The van der Waals surface area contributed by atoms with Gasteiger partial charge in [-0.1, -0.05) is 39.0 Å². The van der Waals surface area contributed by atoms with Gasteiger partial charge in [0.05, 0.1) is 16.9 Å². The summed E-state index contributed by atoms with van der Waals surface area (Å²) in [5.41, 5.74) is 1.48. The quantitative estimate of drug-likeness (QED) is 0.515. The Morgan fingerprint density at radius 3 is 2.28 bits per heavy atom. The first-order valence-corrected chi connectivity index (χ1v) is 11.0. The Balaban J connectivity index is 2.37. The lowest BCUT2D eigenvalue weighted by Gasteiger charge is -2.30. The first kappa shape index (κ1) is 22.4. The van der Waals surface area contributed by atoms with Crippen molar-refractivity contribution in [2.75, 3.05) is 15.9 Å². The zero-order valence-electron chi connectivity index (χ0n) is 16.8. The van der Waals surface area contributed by atoms with Crippen LogP contribution in [0, 0.1) is 10.1 Å². The van der Waals surface area contributed by atoms with Crippen molar-refractivity contribution in [3.05, 3.63) is 64.2 Å². The zero-order valence-corrected chi connectivity index (χ0v) is 17.6. The van der Waals surface area contributed by atoms with E-state index in [-0.39, 0.29) is 17.8 Å². The number of nitro benzene ring substituents is 1. The Morgan fingerprint density at radius 1 is 1.17 bits per heavy atom. The maximum absolute atomic E-state index is 12.9. The average molecular weight is 420 g/mol. The molecule has 1 atom stereocenters. The predicted octanol–water partition coefficient (Wildman–Crippen LogP) is 3.90. The summed E-state index contributed by atoms with van der Waals surface area (Å²) >= 11 is 0. The molecule has 9 heteroatoms. The van der Waals surface area contributed by atoms with Gasteiger partial charge in [0.15, 0.2) is 0 Å². The van der Waals surface area contributed by atoms with E-state index < -0.39 is 26.9 Å². The molecule has 0 aliphatic rings. The SMILES string of the molecule is CC[C@@H](C(=O)Nc1ccc(C(C)C)cc1)N(c1cccc([N+](=O)[O-])c1)S(C)(=O)=O. The highest BCUT2D eigenvalue weighted by molar-refractivity contribution is 7.92. The minimum absolute atomic E-state index is 0.0684. The molecule has 0 spiro atoms. The zero-order chi connectivity index (χ0) is 21.8. The smallest absolute Gasteiger partial charge is 0.271 e. The fourth-order valence-corrected chi connectivity index (χ4v) is 4.18. The number of non-ortho nitro benzene ring substituents is 1. The first-order valence-electron chi connectivity index (χ1n) is 9.19. The van der Waals surface area contributed by atoms with Crippen LogP contribution in [0.2, 0.25) is 0 Å². The molecule has 0 saturated heterocycles. The van der Waals surface area contributed by atoms with Crippen LogP contribution in [-0.2, 0) is 14.8 Å². The fraction of sp³-hybridized carbons (Fsp3) is 0.350. The van der Waals surface area contributed by atoms with E-state index in [1.165, 1.54) is 18.2 Å². The third-order valence-corrected chi connectivity index (χ3v) is 5.65. The summed E-state index contributed by atoms with van der Waals surface area (Å²) in [6.45, 7) is 5.80. The minimum atomic E-state index is -3.88. The average Bonchev–Trinajstić information content (AvgIpc) is 2.65. The van der Waals surface area contributed by atoms with Gasteiger partial charge in [0.25, 0.3) is 5.69 Å². The Hall–Kier alpha value is -2.94. The number of nitro groups is 1. The van der Waals surface area contributed by atoms with Crippen LogP contribution in [0.25, 0.3) is 0 Å². The second-order valence-electron chi connectivity index (χ2n) is 7.03. The van der Waals surface area contributed by atoms with E-state index in [1.54, 1.807) is 19.1 Å². The van der Waals surface area contributed by atoms with Crippen molar-refractivity contribution in [3.8, 4) is 0 Å². The summed E-state index contributed by atoms with van der Waals surface area (Å²) in [5.74, 6) is -0.167. The van der Waals surface area contributed by atoms with Crippen molar-refractivity contribution >= 4 is 33.0 Å². The van der Waals surface area contributed by atoms with Gasteiger partial charge in [0, 0.05) is 17.8 Å². The number of nitrogens with zero attached hydrogens (tertiary/aromatic N) is 2. The van der Waals surface area contributed by atoms with Crippen LogP contribution in [0.5, 0.6) is 0 Å². The van der Waals surface area contributed by atoms with Gasteiger partial charge >= 0.3 is 0 Å². The van der Waals surface area contributed by atoms with Crippen molar-refractivity contribution in [1.29, 1.82) is 0 Å². The number of carbonyl (C=O) groups is 1. The summed E-state index contributed by atoms with van der Waals surface area (Å²) in [5, 5.41) is 13.8. The Labute approximate surface area is 170 Å². The van der Waals surface area contributed by atoms with E-state index in [4.69, 9.17) is 0 Å². The largest absolute Gasteiger partial charge is 0.324 e. The van der Waals surface area contributed by atoms with Crippen LogP contribution < -0.4 is 9.62 Å². The lowest BCUT2D eigenvalue weighted by molar-refractivity contribution is -0.384. The Kier molecular flexibility index (Phi) is 6.97. The fourth-order valence-electron chi connectivity index (χ4n) is 2.98. The van der Waals surface area contributed by atoms with Crippen LogP contribution in [0.4, 0.5) is 17.1 Å². The monoisotopic (exact) mass is 419 g/mol. The summed E-state index contributed by atoms with van der Waals surface area (Å²) in [6.07, 6.45) is 1.16. The van der Waals surface area contributed by atoms with Crippen LogP contribution in [0.3, 0.4) is 0 Å². The number of carbonyl (C=O) groups excluding carboxylic acids is 1. The van der Waals surface area contributed by atoms with Crippen molar-refractivity contribution in [3.63, 3.8) is 0 Å². The van der Waals surface area contributed by atoms with Crippen molar-refractivity contribution in [1.82, 2.24) is 0 Å². The maximum atomic E-state index is 12.9. The van der Waals surface area contributed by atoms with Gasteiger partial charge in [0.1, 0.15) is 6.04 Å². The molecule has 2 aromatic carbocycles. The molecule has 2 aromatic rings. The summed E-state index contributed by atoms with van der Waals surface area (Å²) in [7, 11) is -3.88. The number of benzene rings is 2. The number of sulfonamides is 1. The van der Waals surface area contributed by atoms with Gasteiger partial charge < -0.3 is 5.32 Å². The first-order chi connectivity index (χ1) is 13.5. The highest BCUT2D eigenvalue weighted by atomic mass is 32.2. The molecule has 0 saturated carbocycles. The molecule has 0 bridgehead atoms. The van der Waals surface area contributed by atoms with Crippen molar-refractivity contribution in [2.24, 2.45) is 0 Å². The molecule has 0 aromatic heterocycles. The molecule has 1 N–H and O–H groups in total. The highest BCUT2D eigenvalue weighted by Gasteiger charge is 2.32. The van der Waals surface area contributed by atoms with Crippen molar-refractivity contribution < 1.29 is 18.1 Å². The summed E-state index contributed by atoms with van der Waals surface area (Å²) in [4.78, 5) is 23.4. The predicted molar refractivity (Wildman–Crippen MR) is 114 cm³/mol. The molecule has 0 heterocycles. The molecule has 29 heavy (non-hydrogen) atoms. The Bertz CT molecular complexity index is 987. The van der Waals surface area contributed by atoms with Gasteiger partial charge in [0.2, 0.25) is 15.9 Å². The molecule has 0 radical (unpaired) electrons. The highest BCUT2D eigenvalue weighted by Crippen LogP contribution is 2.27. The molecule has 0 fully saturated rings. The summed E-state index contributed by atoms with van der Waals surface area (Å²) in [6, 6.07) is 11.5. The molecular formula is C20H25N3O5S. The van der Waals surface area contributed by atoms with Gasteiger partial charge in [-0.15, -0.1) is 0 Å². The molecule has 156 valence electrons. The molecular weight excluding hydrogens is 394 g/mol. The van der Waals surface area contributed by atoms with E-state index in [0.29, 0.717) is 11.6 Å². The van der Waals surface area contributed by atoms with Gasteiger partial charge in [-0.05, 0) is 36.1 Å². The molecule has 0 aliphatic carbocycles. The van der Waals surface area contributed by atoms with Gasteiger partial charge in [-0.2, -0.15) is 0 Å². The standard InChI is InChI=1S/C20H25N3O5S/c1-5-19(20(24)21-16-11-9-15(10-12-16)14(2)3)22(29(4,27)28)17-7-6-8-18(13-17)23(25)26/h6-14,19H,5H2,1-4H3,(H,21,24)/t19-/m0/s1. The third-order valence-electron chi connectivity index (χ3n) is 4.47. The van der Waals surface area contributed by atoms with E-state index in [9.17, 15) is 23.3 Å². The van der Waals surface area contributed by atoms with E-state index in [0.717, 1.165) is 22.2 Å². The molecule has 0 aliphatic heterocycles. The second kappa shape index (κ2) is 9.04. The number of amides is 1. The molecule has 8 nitrogen and oxygen atoms in total. The number of anilines is 2. The van der Waals surface area contributed by atoms with E-state index in [1.807, 2.05) is 12.1 Å². The number of nitrogens with one attached hydrogen (secondary N) is 1. The van der Waals surface area contributed by atoms with Gasteiger partial charge in [-0.3, -0.25) is 19.2 Å². The normalized spacial score (nSPS) is 12.4. The lowest BCUT2D eigenvalue weighted by Crippen LogP contribution is -2.47. The maximum Gasteiger partial charge on any atom is 0.271 e. The second-order valence-corrected chi connectivity index (χ2v) is 8.89. The number of hydrogen-bond acceptors (Lipinski definition) is 5.